The number of hydrogen-bond donors (Lipinski definition) is 2. The van der Waals surface area contributed by atoms with Crippen molar-refractivity contribution < 1.29 is 8.42 Å². The van der Waals surface area contributed by atoms with Gasteiger partial charge in [-0.05, 0) is 81.3 Å². The fraction of sp³-hybridized carbons (Fsp3) is 0.0769. The quantitative estimate of drug-likeness (QED) is 0.484. The molecule has 0 aromatic heterocycles. The van der Waals surface area contributed by atoms with Gasteiger partial charge >= 0.3 is 0 Å². The second-order valence-corrected chi connectivity index (χ2v) is 8.47. The van der Waals surface area contributed by atoms with Gasteiger partial charge < -0.3 is 5.73 Å². The van der Waals surface area contributed by atoms with Crippen LogP contribution in [0.3, 0.4) is 0 Å². The molecule has 0 unspecified atom stereocenters. The lowest BCUT2D eigenvalue weighted by Gasteiger charge is -2.13. The molecule has 0 aliphatic heterocycles. The average molecular weight is 502 g/mol. The van der Waals surface area contributed by atoms with Crippen LogP contribution in [0.15, 0.2) is 39.7 Å². The lowest BCUT2D eigenvalue weighted by molar-refractivity contribution is 0.600. The van der Waals surface area contributed by atoms with E-state index in [1.165, 1.54) is 6.07 Å². The molecule has 2 aromatic rings. The number of nitrogens with one attached hydrogen (secondary N) is 1. The highest BCUT2D eigenvalue weighted by Crippen LogP contribution is 2.29. The maximum Gasteiger partial charge on any atom is 0.262 e. The van der Waals surface area contributed by atoms with Crippen LogP contribution in [0.5, 0.6) is 0 Å². The third kappa shape index (κ3) is 3.82. The number of hydrogen-bond acceptors (Lipinski definition) is 3. The van der Waals surface area contributed by atoms with Gasteiger partial charge in [-0.1, -0.05) is 11.6 Å². The maximum absolute atomic E-state index is 12.5. The number of aryl methyl sites for hydroxylation is 1. The van der Waals surface area contributed by atoms with Gasteiger partial charge in [0.2, 0.25) is 0 Å². The summed E-state index contributed by atoms with van der Waals surface area (Å²) in [6.07, 6.45) is 0. The maximum atomic E-state index is 12.5. The number of nitrogen functional groups attached to an aromatic ring is 1. The first-order valence-corrected chi connectivity index (χ1v) is 9.47. The lowest BCUT2D eigenvalue weighted by atomic mass is 10.2. The molecule has 3 N–H and O–H groups in total. The van der Waals surface area contributed by atoms with Gasteiger partial charge in [0, 0.05) is 18.8 Å². The summed E-state index contributed by atoms with van der Waals surface area (Å²) in [7, 11) is -3.72. The van der Waals surface area contributed by atoms with Crippen LogP contribution in [-0.2, 0) is 10.0 Å². The van der Waals surface area contributed by atoms with Crippen molar-refractivity contribution in [1.29, 1.82) is 0 Å². The first-order valence-electron chi connectivity index (χ1n) is 5.74. The Morgan fingerprint density at radius 1 is 1.29 bits per heavy atom. The fourth-order valence-corrected chi connectivity index (χ4v) is 4.72. The summed E-state index contributed by atoms with van der Waals surface area (Å²) in [5, 5.41) is 0.548. The van der Waals surface area contributed by atoms with Crippen molar-refractivity contribution in [3.63, 3.8) is 0 Å². The summed E-state index contributed by atoms with van der Waals surface area (Å²) in [4.78, 5) is 0.147. The SMILES string of the molecule is Cc1cc(Br)c(N)cc1S(=O)(=O)Nc1ccc(Cl)cc1I. The van der Waals surface area contributed by atoms with Gasteiger partial charge in [-0.2, -0.15) is 0 Å². The van der Waals surface area contributed by atoms with E-state index >= 15 is 0 Å². The molecule has 2 aromatic carbocycles. The van der Waals surface area contributed by atoms with Gasteiger partial charge in [0.05, 0.1) is 10.6 Å². The largest absolute Gasteiger partial charge is 0.398 e. The first-order chi connectivity index (χ1) is 9.70. The number of halogens is 3. The zero-order chi connectivity index (χ0) is 15.8. The number of rotatable bonds is 3. The molecule has 2 rings (SSSR count). The summed E-state index contributed by atoms with van der Waals surface area (Å²) in [6.45, 7) is 1.71. The Balaban J connectivity index is 2.46. The molecule has 4 nitrogen and oxygen atoms in total. The Morgan fingerprint density at radius 3 is 2.57 bits per heavy atom. The Labute approximate surface area is 150 Å². The Kier molecular flexibility index (Phi) is 5.07. The molecular formula is C13H11BrClIN2O2S. The molecule has 0 radical (unpaired) electrons. The third-order valence-corrected chi connectivity index (χ3v) is 6.08. The van der Waals surface area contributed by atoms with Crippen molar-refractivity contribution in [3.8, 4) is 0 Å². The van der Waals surface area contributed by atoms with Crippen molar-refractivity contribution in [2.24, 2.45) is 0 Å². The van der Waals surface area contributed by atoms with Gasteiger partial charge in [0.15, 0.2) is 0 Å². The van der Waals surface area contributed by atoms with E-state index in [2.05, 4.69) is 20.7 Å². The normalized spacial score (nSPS) is 11.4. The van der Waals surface area contributed by atoms with Crippen molar-refractivity contribution in [3.05, 3.63) is 49.0 Å². The topological polar surface area (TPSA) is 72.2 Å². The van der Waals surface area contributed by atoms with Crippen molar-refractivity contribution in [2.45, 2.75) is 11.8 Å². The molecule has 0 heterocycles. The Hall–Kier alpha value is -0.510. The van der Waals surface area contributed by atoms with Crippen molar-refractivity contribution >= 4 is 71.5 Å². The molecule has 0 aliphatic carbocycles. The zero-order valence-corrected chi connectivity index (χ0v) is 16.1. The molecule has 0 saturated heterocycles. The monoisotopic (exact) mass is 500 g/mol. The highest BCUT2D eigenvalue weighted by atomic mass is 127. The molecular weight excluding hydrogens is 490 g/mol. The van der Waals surface area contributed by atoms with Gasteiger partial charge in [0.25, 0.3) is 10.0 Å². The number of anilines is 2. The third-order valence-electron chi connectivity index (χ3n) is 2.76. The molecule has 8 heteroatoms. The van der Waals surface area contributed by atoms with Crippen LogP contribution in [0.1, 0.15) is 5.56 Å². The van der Waals surface area contributed by atoms with Crippen molar-refractivity contribution in [2.75, 3.05) is 10.5 Å². The molecule has 0 fully saturated rings. The van der Waals surface area contributed by atoms with Crippen LogP contribution in [0.4, 0.5) is 11.4 Å². The Morgan fingerprint density at radius 2 is 1.95 bits per heavy atom. The van der Waals surface area contributed by atoms with E-state index in [4.69, 9.17) is 17.3 Å². The number of benzene rings is 2. The highest BCUT2D eigenvalue weighted by molar-refractivity contribution is 14.1. The molecule has 0 amide bonds. The van der Waals surface area contributed by atoms with Gasteiger partial charge in [0.1, 0.15) is 0 Å². The van der Waals surface area contributed by atoms with Crippen LogP contribution < -0.4 is 10.5 Å². The van der Waals surface area contributed by atoms with Crippen LogP contribution in [0, 0.1) is 10.5 Å². The number of nitrogens with two attached hydrogens (primary N) is 1. The van der Waals surface area contributed by atoms with Crippen LogP contribution in [0.25, 0.3) is 0 Å². The second-order valence-electron chi connectivity index (χ2n) is 4.37. The summed E-state index contributed by atoms with van der Waals surface area (Å²) in [5.74, 6) is 0. The smallest absolute Gasteiger partial charge is 0.262 e. The van der Waals surface area contributed by atoms with E-state index in [0.717, 1.165) is 0 Å². The molecule has 0 saturated carbocycles. The van der Waals surface area contributed by atoms with E-state index in [1.807, 2.05) is 22.6 Å². The standard InChI is InChI=1S/C13H11BrClIN2O2S/c1-7-4-9(14)11(17)6-13(7)21(19,20)18-12-3-2-8(15)5-10(12)16/h2-6,18H,17H2,1H3. The van der Waals surface area contributed by atoms with Crippen LogP contribution in [-0.4, -0.2) is 8.42 Å². The van der Waals surface area contributed by atoms with E-state index in [0.29, 0.717) is 30.0 Å². The van der Waals surface area contributed by atoms with Gasteiger partial charge in [-0.25, -0.2) is 8.42 Å². The summed E-state index contributed by atoms with van der Waals surface area (Å²) >= 11 is 11.2. The highest BCUT2D eigenvalue weighted by Gasteiger charge is 2.19. The fourth-order valence-electron chi connectivity index (χ4n) is 1.73. The average Bonchev–Trinajstić information content (AvgIpc) is 2.37. The molecule has 0 spiro atoms. The van der Waals surface area contributed by atoms with Crippen molar-refractivity contribution in [1.82, 2.24) is 0 Å². The van der Waals surface area contributed by atoms with E-state index in [1.54, 1.807) is 31.2 Å². The molecule has 21 heavy (non-hydrogen) atoms. The summed E-state index contributed by atoms with van der Waals surface area (Å²) in [6, 6.07) is 8.05. The predicted octanol–water partition coefficient (Wildman–Crippen LogP) is 4.40. The van der Waals surface area contributed by atoms with Gasteiger partial charge in [-0.3, -0.25) is 4.72 Å². The van der Waals surface area contributed by atoms with Crippen LogP contribution in [0.2, 0.25) is 5.02 Å². The van der Waals surface area contributed by atoms with E-state index < -0.39 is 10.0 Å². The molecule has 0 atom stereocenters. The van der Waals surface area contributed by atoms with E-state index in [9.17, 15) is 8.42 Å². The minimum Gasteiger partial charge on any atom is -0.398 e. The van der Waals surface area contributed by atoms with Gasteiger partial charge in [-0.15, -0.1) is 0 Å². The number of sulfonamides is 1. The molecule has 0 bridgehead atoms. The van der Waals surface area contributed by atoms with E-state index in [-0.39, 0.29) is 4.90 Å². The van der Waals surface area contributed by atoms with Crippen LogP contribution >= 0.6 is 50.1 Å². The second kappa shape index (κ2) is 6.31. The minimum atomic E-state index is -3.72. The lowest BCUT2D eigenvalue weighted by Crippen LogP contribution is -2.15. The molecule has 0 aliphatic rings. The summed E-state index contributed by atoms with van der Waals surface area (Å²) in [5.41, 5.74) is 7.22. The zero-order valence-electron chi connectivity index (χ0n) is 10.8. The predicted molar refractivity (Wildman–Crippen MR) is 98.3 cm³/mol. The first kappa shape index (κ1) is 16.9. The molecule has 112 valence electrons. The summed E-state index contributed by atoms with van der Waals surface area (Å²) < 4.78 is 28.9. The Bertz CT molecular complexity index is 812. The minimum absolute atomic E-state index is 0.147.